The molecule has 0 aliphatic heterocycles. The molecule has 0 saturated carbocycles. The van der Waals surface area contributed by atoms with Crippen LogP contribution >= 0.6 is 0 Å². The highest BCUT2D eigenvalue weighted by molar-refractivity contribution is 6.15. The van der Waals surface area contributed by atoms with Gasteiger partial charge in [0.1, 0.15) is 11.2 Å². The van der Waals surface area contributed by atoms with E-state index in [0.29, 0.717) is 0 Å². The lowest BCUT2D eigenvalue weighted by Crippen LogP contribution is -1.93. The van der Waals surface area contributed by atoms with E-state index in [-0.39, 0.29) is 0 Å². The second-order valence-corrected chi connectivity index (χ2v) is 11.1. The smallest absolute Gasteiger partial charge is 0.143 e. The van der Waals surface area contributed by atoms with Crippen LogP contribution < -0.4 is 5.32 Å². The van der Waals surface area contributed by atoms with Gasteiger partial charge in [0.2, 0.25) is 0 Å². The van der Waals surface area contributed by atoms with Crippen LogP contribution in [-0.4, -0.2) is 4.57 Å². The molecule has 43 heavy (non-hydrogen) atoms. The molecule has 2 aromatic heterocycles. The summed E-state index contributed by atoms with van der Waals surface area (Å²) in [5.74, 6) is 0. The van der Waals surface area contributed by atoms with Crippen LogP contribution in [0.2, 0.25) is 0 Å². The summed E-state index contributed by atoms with van der Waals surface area (Å²) >= 11 is 0. The lowest BCUT2D eigenvalue weighted by atomic mass is 10.0. The lowest BCUT2D eigenvalue weighted by molar-refractivity contribution is 0.673. The van der Waals surface area contributed by atoms with E-state index in [1.165, 1.54) is 44.0 Å². The Bertz CT molecular complexity index is 2470. The van der Waals surface area contributed by atoms with Crippen molar-refractivity contribution in [3.8, 4) is 16.8 Å². The van der Waals surface area contributed by atoms with Crippen molar-refractivity contribution in [2.75, 3.05) is 5.32 Å². The van der Waals surface area contributed by atoms with Crippen molar-refractivity contribution in [1.29, 1.82) is 0 Å². The molecule has 7 aromatic carbocycles. The molecule has 1 N–H and O–H groups in total. The molecule has 9 rings (SSSR count). The Balaban J connectivity index is 1.06. The molecule has 0 spiro atoms. The van der Waals surface area contributed by atoms with Crippen LogP contribution in [0.1, 0.15) is 0 Å². The predicted molar refractivity (Wildman–Crippen MR) is 181 cm³/mol. The van der Waals surface area contributed by atoms with Gasteiger partial charge < -0.3 is 14.3 Å². The second kappa shape index (κ2) is 9.37. The molecule has 0 bridgehead atoms. The van der Waals surface area contributed by atoms with Gasteiger partial charge in [0.25, 0.3) is 0 Å². The molecular weight excluding hydrogens is 524 g/mol. The molecule has 3 heteroatoms. The number of benzene rings is 7. The fourth-order valence-corrected chi connectivity index (χ4v) is 6.50. The Morgan fingerprint density at radius 1 is 0.442 bits per heavy atom. The molecule has 0 fully saturated rings. The van der Waals surface area contributed by atoms with Gasteiger partial charge in [-0.3, -0.25) is 0 Å². The Hall–Kier alpha value is -5.80. The summed E-state index contributed by atoms with van der Waals surface area (Å²) in [6.45, 7) is 0. The predicted octanol–water partition coefficient (Wildman–Crippen LogP) is 11.2. The molecule has 0 aliphatic carbocycles. The van der Waals surface area contributed by atoms with E-state index in [4.69, 9.17) is 4.42 Å². The Morgan fingerprint density at radius 3 is 2.00 bits per heavy atom. The quantitative estimate of drug-likeness (QED) is 0.236. The maximum atomic E-state index is 6.38. The number of fused-ring (bicyclic) bond motifs is 8. The van der Waals surface area contributed by atoms with E-state index < -0.39 is 0 Å². The fourth-order valence-electron chi connectivity index (χ4n) is 6.50. The van der Waals surface area contributed by atoms with Crippen molar-refractivity contribution >= 4 is 65.9 Å². The first-order valence-corrected chi connectivity index (χ1v) is 14.6. The van der Waals surface area contributed by atoms with E-state index >= 15 is 0 Å². The maximum Gasteiger partial charge on any atom is 0.143 e. The number of aromatic nitrogens is 1. The molecule has 0 unspecified atom stereocenters. The van der Waals surface area contributed by atoms with Crippen molar-refractivity contribution in [3.63, 3.8) is 0 Å². The summed E-state index contributed by atoms with van der Waals surface area (Å²) in [5.41, 5.74) is 9.82. The van der Waals surface area contributed by atoms with Crippen molar-refractivity contribution < 1.29 is 4.42 Å². The van der Waals surface area contributed by atoms with Gasteiger partial charge in [-0.2, -0.15) is 0 Å². The highest BCUT2D eigenvalue weighted by Crippen LogP contribution is 2.37. The maximum absolute atomic E-state index is 6.38. The number of hydrogen-bond acceptors (Lipinski definition) is 2. The second-order valence-electron chi connectivity index (χ2n) is 11.1. The molecule has 0 saturated heterocycles. The van der Waals surface area contributed by atoms with Gasteiger partial charge >= 0.3 is 0 Å². The van der Waals surface area contributed by atoms with E-state index in [1.54, 1.807) is 0 Å². The molecule has 202 valence electrons. The van der Waals surface area contributed by atoms with E-state index in [2.05, 4.69) is 162 Å². The number of anilines is 2. The highest BCUT2D eigenvalue weighted by atomic mass is 16.3. The summed E-state index contributed by atoms with van der Waals surface area (Å²) in [6.07, 6.45) is 0. The van der Waals surface area contributed by atoms with Crippen LogP contribution in [0.25, 0.3) is 71.3 Å². The molecule has 3 nitrogen and oxygen atoms in total. The van der Waals surface area contributed by atoms with Gasteiger partial charge in [0.05, 0.1) is 11.0 Å². The minimum Gasteiger partial charge on any atom is -0.455 e. The molecule has 2 heterocycles. The van der Waals surface area contributed by atoms with Gasteiger partial charge in [-0.15, -0.1) is 0 Å². The normalized spacial score (nSPS) is 11.7. The topological polar surface area (TPSA) is 30.1 Å². The van der Waals surface area contributed by atoms with E-state index in [9.17, 15) is 0 Å². The SMILES string of the molecule is c1ccc(-n2c3ccccc3c3ccc(-c4ccc(Nc5ccc6c(c5)oc5c7ccccc7ccc65)cc4)cc32)cc1. The van der Waals surface area contributed by atoms with Crippen LogP contribution in [0.3, 0.4) is 0 Å². The summed E-state index contributed by atoms with van der Waals surface area (Å²) < 4.78 is 8.74. The average molecular weight is 551 g/mol. The number of para-hydroxylation sites is 2. The van der Waals surface area contributed by atoms with Crippen LogP contribution in [0.5, 0.6) is 0 Å². The van der Waals surface area contributed by atoms with E-state index in [1.807, 2.05) is 0 Å². The van der Waals surface area contributed by atoms with Gasteiger partial charge in [-0.05, 0) is 71.1 Å². The minimum atomic E-state index is 0.884. The molecule has 9 aromatic rings. The standard InChI is InChI=1S/C40H26N2O/c1-2-9-31(10-3-1)42-37-13-7-6-12-33(37)34-21-17-28(24-38(34)42)26-14-18-29(19-15-26)41-30-20-23-35-36-22-16-27-8-4-5-11-32(27)40(36)43-39(35)25-30/h1-25,41H. The van der Waals surface area contributed by atoms with Gasteiger partial charge in [0, 0.05) is 50.1 Å². The monoisotopic (exact) mass is 550 g/mol. The van der Waals surface area contributed by atoms with Gasteiger partial charge in [-0.25, -0.2) is 0 Å². The average Bonchev–Trinajstić information content (AvgIpc) is 3.61. The number of furan rings is 1. The Labute approximate surface area is 248 Å². The summed E-state index contributed by atoms with van der Waals surface area (Å²) in [4.78, 5) is 0. The third kappa shape index (κ3) is 3.83. The van der Waals surface area contributed by atoms with Gasteiger partial charge in [-0.1, -0.05) is 91.0 Å². The minimum absolute atomic E-state index is 0.884. The first-order chi connectivity index (χ1) is 21.3. The molecule has 0 atom stereocenters. The van der Waals surface area contributed by atoms with Crippen molar-refractivity contribution in [2.45, 2.75) is 0 Å². The fraction of sp³-hybridized carbons (Fsp3) is 0. The van der Waals surface area contributed by atoms with E-state index in [0.717, 1.165) is 38.7 Å². The zero-order valence-electron chi connectivity index (χ0n) is 23.3. The summed E-state index contributed by atoms with van der Waals surface area (Å²) in [7, 11) is 0. The Kier molecular flexibility index (Phi) is 5.20. The molecule has 0 radical (unpaired) electrons. The van der Waals surface area contributed by atoms with Crippen molar-refractivity contribution in [1.82, 2.24) is 4.57 Å². The first-order valence-electron chi connectivity index (χ1n) is 14.6. The third-order valence-electron chi connectivity index (χ3n) is 8.56. The number of nitrogens with one attached hydrogen (secondary N) is 1. The summed E-state index contributed by atoms with van der Waals surface area (Å²) in [6, 6.07) is 53.7. The largest absolute Gasteiger partial charge is 0.455 e. The number of hydrogen-bond donors (Lipinski definition) is 1. The van der Waals surface area contributed by atoms with Crippen molar-refractivity contribution in [3.05, 3.63) is 152 Å². The first kappa shape index (κ1) is 23.9. The van der Waals surface area contributed by atoms with Crippen LogP contribution in [0.4, 0.5) is 11.4 Å². The highest BCUT2D eigenvalue weighted by Gasteiger charge is 2.14. The third-order valence-corrected chi connectivity index (χ3v) is 8.56. The van der Waals surface area contributed by atoms with Crippen molar-refractivity contribution in [2.24, 2.45) is 0 Å². The molecule has 0 aliphatic rings. The summed E-state index contributed by atoms with van der Waals surface area (Å²) in [5, 5.41) is 10.7. The Morgan fingerprint density at radius 2 is 1.12 bits per heavy atom. The zero-order chi connectivity index (χ0) is 28.3. The van der Waals surface area contributed by atoms with Crippen LogP contribution in [0.15, 0.2) is 156 Å². The molecule has 0 amide bonds. The van der Waals surface area contributed by atoms with Crippen LogP contribution in [-0.2, 0) is 0 Å². The van der Waals surface area contributed by atoms with Gasteiger partial charge in [0.15, 0.2) is 0 Å². The number of nitrogens with zero attached hydrogens (tertiary/aromatic N) is 1. The zero-order valence-corrected chi connectivity index (χ0v) is 23.3. The van der Waals surface area contributed by atoms with Crippen LogP contribution in [0, 0.1) is 0 Å². The lowest BCUT2D eigenvalue weighted by Gasteiger charge is -2.10. The number of rotatable bonds is 4. The molecular formula is C40H26N2O.